The Morgan fingerprint density at radius 1 is 1.14 bits per heavy atom. The molecule has 3 rings (SSSR count). The standard InChI is InChI=1S/C22H17FN2O3/c23-19-8-3-1-6-16(19)10-11-22(27)28-15-21(26)18-14-25(13-5-12-24)20-9-4-2-7-17(18)20/h1-4,6-11,14H,5,13,15H2/b11-10+. The van der Waals surface area contributed by atoms with Crippen LogP contribution < -0.4 is 0 Å². The number of benzene rings is 2. The van der Waals surface area contributed by atoms with Gasteiger partial charge in [-0.2, -0.15) is 5.26 Å². The van der Waals surface area contributed by atoms with Crippen molar-refractivity contribution in [2.24, 2.45) is 0 Å². The SMILES string of the molecule is N#CCCn1cc(C(=O)COC(=O)/C=C/c2ccccc2F)c2ccccc21. The number of aromatic nitrogens is 1. The van der Waals surface area contributed by atoms with Gasteiger partial charge in [0.05, 0.1) is 12.5 Å². The number of hydrogen-bond donors (Lipinski definition) is 0. The molecule has 3 aromatic rings. The van der Waals surface area contributed by atoms with Crippen LogP contribution in [-0.2, 0) is 16.1 Å². The minimum Gasteiger partial charge on any atom is -0.454 e. The van der Waals surface area contributed by atoms with Gasteiger partial charge >= 0.3 is 5.97 Å². The smallest absolute Gasteiger partial charge is 0.331 e. The lowest BCUT2D eigenvalue weighted by Gasteiger charge is -2.01. The highest BCUT2D eigenvalue weighted by molar-refractivity contribution is 6.09. The van der Waals surface area contributed by atoms with Crippen molar-refractivity contribution in [2.45, 2.75) is 13.0 Å². The molecule has 1 aromatic heterocycles. The number of ketones is 1. The highest BCUT2D eigenvalue weighted by Gasteiger charge is 2.16. The van der Waals surface area contributed by atoms with E-state index in [1.54, 1.807) is 18.3 Å². The van der Waals surface area contributed by atoms with Gasteiger partial charge in [0.25, 0.3) is 0 Å². The molecule has 0 aliphatic rings. The molecule has 1 heterocycles. The molecule has 28 heavy (non-hydrogen) atoms. The van der Waals surface area contributed by atoms with E-state index in [2.05, 4.69) is 6.07 Å². The summed E-state index contributed by atoms with van der Waals surface area (Å²) in [6.07, 6.45) is 4.38. The fourth-order valence-corrected chi connectivity index (χ4v) is 2.86. The fraction of sp³-hybridized carbons (Fsp3) is 0.136. The van der Waals surface area contributed by atoms with Crippen LogP contribution in [0.25, 0.3) is 17.0 Å². The van der Waals surface area contributed by atoms with Crippen molar-refractivity contribution in [3.05, 3.63) is 77.7 Å². The molecule has 0 radical (unpaired) electrons. The Kier molecular flexibility index (Phi) is 5.97. The van der Waals surface area contributed by atoms with Crippen LogP contribution in [0.2, 0.25) is 0 Å². The number of hydrogen-bond acceptors (Lipinski definition) is 4. The molecule has 0 N–H and O–H groups in total. The number of para-hydroxylation sites is 1. The number of halogens is 1. The van der Waals surface area contributed by atoms with E-state index >= 15 is 0 Å². The molecule has 0 atom stereocenters. The number of Topliss-reactive ketones (excluding diaryl/α,β-unsaturated/α-hetero) is 1. The predicted octanol–water partition coefficient (Wildman–Crippen LogP) is 4.13. The molecular formula is C22H17FN2O3. The Morgan fingerprint density at radius 3 is 2.68 bits per heavy atom. The second kappa shape index (κ2) is 8.78. The summed E-state index contributed by atoms with van der Waals surface area (Å²) >= 11 is 0. The Labute approximate surface area is 161 Å². The third-order valence-corrected chi connectivity index (χ3v) is 4.20. The maximum atomic E-state index is 13.5. The molecule has 0 saturated carbocycles. The molecule has 0 aliphatic carbocycles. The van der Waals surface area contributed by atoms with Gasteiger partial charge in [0.15, 0.2) is 6.61 Å². The van der Waals surface area contributed by atoms with Crippen molar-refractivity contribution >= 4 is 28.7 Å². The minimum absolute atomic E-state index is 0.256. The highest BCUT2D eigenvalue weighted by Crippen LogP contribution is 2.22. The topological polar surface area (TPSA) is 72.1 Å². The number of aryl methyl sites for hydroxylation is 1. The Hall–Kier alpha value is -3.72. The zero-order chi connectivity index (χ0) is 19.9. The molecule has 0 unspecified atom stereocenters. The first-order valence-electron chi connectivity index (χ1n) is 8.67. The summed E-state index contributed by atoms with van der Waals surface area (Å²) in [6, 6.07) is 15.5. The average molecular weight is 376 g/mol. The predicted molar refractivity (Wildman–Crippen MR) is 103 cm³/mol. The molecule has 0 aliphatic heterocycles. The van der Waals surface area contributed by atoms with Crippen LogP contribution >= 0.6 is 0 Å². The molecule has 5 nitrogen and oxygen atoms in total. The van der Waals surface area contributed by atoms with Gasteiger partial charge in [-0.25, -0.2) is 9.18 Å². The number of rotatable bonds is 7. The first kappa shape index (κ1) is 19.1. The van der Waals surface area contributed by atoms with E-state index < -0.39 is 18.4 Å². The van der Waals surface area contributed by atoms with E-state index in [1.807, 2.05) is 28.8 Å². The lowest BCUT2D eigenvalue weighted by Crippen LogP contribution is -2.12. The van der Waals surface area contributed by atoms with Gasteiger partial charge in [-0.15, -0.1) is 0 Å². The van der Waals surface area contributed by atoms with Crippen molar-refractivity contribution in [3.63, 3.8) is 0 Å². The first-order valence-corrected chi connectivity index (χ1v) is 8.67. The van der Waals surface area contributed by atoms with Crippen molar-refractivity contribution in [1.82, 2.24) is 4.57 Å². The molecule has 0 saturated heterocycles. The maximum absolute atomic E-state index is 13.5. The number of nitrogens with zero attached hydrogens (tertiary/aromatic N) is 2. The number of esters is 1. The van der Waals surface area contributed by atoms with Gasteiger partial charge in [0.1, 0.15) is 5.82 Å². The normalized spacial score (nSPS) is 10.9. The van der Waals surface area contributed by atoms with Crippen LogP contribution in [0, 0.1) is 17.1 Å². The van der Waals surface area contributed by atoms with Gasteiger partial charge < -0.3 is 9.30 Å². The van der Waals surface area contributed by atoms with E-state index in [4.69, 9.17) is 10.00 Å². The van der Waals surface area contributed by atoms with Crippen LogP contribution in [0.1, 0.15) is 22.3 Å². The molecular weight excluding hydrogens is 359 g/mol. The van der Waals surface area contributed by atoms with Crippen molar-refractivity contribution in [3.8, 4) is 6.07 Å². The molecule has 2 aromatic carbocycles. The third-order valence-electron chi connectivity index (χ3n) is 4.20. The van der Waals surface area contributed by atoms with E-state index in [9.17, 15) is 14.0 Å². The summed E-state index contributed by atoms with van der Waals surface area (Å²) in [5.74, 6) is -1.53. The van der Waals surface area contributed by atoms with Crippen LogP contribution in [0.15, 0.2) is 60.8 Å². The van der Waals surface area contributed by atoms with Crippen molar-refractivity contribution in [2.75, 3.05) is 6.61 Å². The van der Waals surface area contributed by atoms with E-state index in [0.717, 1.165) is 17.0 Å². The van der Waals surface area contributed by atoms with Crippen molar-refractivity contribution < 1.29 is 18.7 Å². The summed E-state index contributed by atoms with van der Waals surface area (Å²) in [6.45, 7) is 0.0438. The summed E-state index contributed by atoms with van der Waals surface area (Å²) in [5, 5.41) is 9.53. The highest BCUT2D eigenvalue weighted by atomic mass is 19.1. The van der Waals surface area contributed by atoms with Gasteiger partial charge in [-0.05, 0) is 18.2 Å². The van der Waals surface area contributed by atoms with E-state index in [-0.39, 0.29) is 11.3 Å². The van der Waals surface area contributed by atoms with Crippen LogP contribution in [0.3, 0.4) is 0 Å². The Morgan fingerprint density at radius 2 is 1.89 bits per heavy atom. The number of fused-ring (bicyclic) bond motifs is 1. The van der Waals surface area contributed by atoms with Gasteiger partial charge in [-0.1, -0.05) is 36.4 Å². The molecule has 140 valence electrons. The number of ether oxygens (including phenoxy) is 1. The van der Waals surface area contributed by atoms with Gasteiger partial charge in [-0.3, -0.25) is 4.79 Å². The quantitative estimate of drug-likeness (QED) is 0.353. The number of nitriles is 1. The zero-order valence-electron chi connectivity index (χ0n) is 15.0. The second-order valence-electron chi connectivity index (χ2n) is 6.05. The third kappa shape index (κ3) is 4.33. The Balaban J connectivity index is 1.69. The van der Waals surface area contributed by atoms with Crippen LogP contribution in [0.5, 0.6) is 0 Å². The first-order chi connectivity index (χ1) is 13.6. The van der Waals surface area contributed by atoms with Gasteiger partial charge in [0.2, 0.25) is 5.78 Å². The molecule has 0 amide bonds. The molecule has 0 bridgehead atoms. The largest absolute Gasteiger partial charge is 0.454 e. The molecule has 6 heteroatoms. The van der Waals surface area contributed by atoms with Gasteiger partial charge in [0, 0.05) is 40.8 Å². The Bertz CT molecular complexity index is 1090. The number of carbonyl (C=O) groups is 2. The monoisotopic (exact) mass is 376 g/mol. The lowest BCUT2D eigenvalue weighted by molar-refractivity contribution is -0.136. The fourth-order valence-electron chi connectivity index (χ4n) is 2.86. The molecule has 0 fully saturated rings. The van der Waals surface area contributed by atoms with Crippen LogP contribution in [0.4, 0.5) is 4.39 Å². The molecule has 0 spiro atoms. The van der Waals surface area contributed by atoms with Crippen LogP contribution in [-0.4, -0.2) is 22.9 Å². The summed E-state index contributed by atoms with van der Waals surface area (Å²) in [5.41, 5.74) is 1.53. The van der Waals surface area contributed by atoms with Crippen molar-refractivity contribution in [1.29, 1.82) is 5.26 Å². The second-order valence-corrected chi connectivity index (χ2v) is 6.05. The summed E-state index contributed by atoms with van der Waals surface area (Å²) in [7, 11) is 0. The minimum atomic E-state index is -0.732. The zero-order valence-corrected chi connectivity index (χ0v) is 15.0. The lowest BCUT2D eigenvalue weighted by atomic mass is 10.1. The van der Waals surface area contributed by atoms with E-state index in [0.29, 0.717) is 18.5 Å². The number of carbonyl (C=O) groups excluding carboxylic acids is 2. The average Bonchev–Trinajstić information content (AvgIpc) is 3.08. The summed E-state index contributed by atoms with van der Waals surface area (Å²) < 4.78 is 20.4. The van der Waals surface area contributed by atoms with E-state index in [1.165, 1.54) is 18.2 Å². The summed E-state index contributed by atoms with van der Waals surface area (Å²) in [4.78, 5) is 24.4. The maximum Gasteiger partial charge on any atom is 0.331 e.